The molecule has 0 heterocycles. The molecule has 2 amide bonds. The fourth-order valence-corrected chi connectivity index (χ4v) is 3.26. The summed E-state index contributed by atoms with van der Waals surface area (Å²) in [5, 5.41) is 27.0. The van der Waals surface area contributed by atoms with Crippen molar-refractivity contribution < 1.29 is 24.2 Å². The molecule has 0 aromatic heterocycles. The van der Waals surface area contributed by atoms with Crippen molar-refractivity contribution in [1.82, 2.24) is 5.32 Å². The van der Waals surface area contributed by atoms with Crippen LogP contribution < -0.4 is 10.6 Å². The van der Waals surface area contributed by atoms with Crippen molar-refractivity contribution in [3.8, 4) is 0 Å². The standard InChI is InChI=1S/C24H17ClN4O7/c1-14(30)16-5-3-6-17(12-16)26-24(32)22(11-15-4-2-7-18(10-15)28(33)34)27-23(31)20-13-19(29(35)36)8-9-21(20)25/h2-13H,1H3,(H,26,32)(H,27,31). The van der Waals surface area contributed by atoms with Gasteiger partial charge in [0, 0.05) is 35.5 Å². The Morgan fingerprint density at radius 3 is 2.22 bits per heavy atom. The van der Waals surface area contributed by atoms with E-state index in [0.29, 0.717) is 5.56 Å². The van der Waals surface area contributed by atoms with Gasteiger partial charge in [-0.25, -0.2) is 0 Å². The van der Waals surface area contributed by atoms with Crippen molar-refractivity contribution in [3.05, 3.63) is 114 Å². The second kappa shape index (κ2) is 11.0. The molecule has 12 heteroatoms. The molecule has 0 saturated carbocycles. The fraction of sp³-hybridized carbons (Fsp3) is 0.0417. The van der Waals surface area contributed by atoms with Crippen LogP contribution in [0.15, 0.2) is 72.4 Å². The fourth-order valence-electron chi connectivity index (χ4n) is 3.06. The lowest BCUT2D eigenvalue weighted by Gasteiger charge is -2.12. The summed E-state index contributed by atoms with van der Waals surface area (Å²) < 4.78 is 0. The van der Waals surface area contributed by atoms with Gasteiger partial charge in [-0.3, -0.25) is 34.6 Å². The van der Waals surface area contributed by atoms with Crippen molar-refractivity contribution in [2.45, 2.75) is 6.92 Å². The van der Waals surface area contributed by atoms with Gasteiger partial charge in [0.05, 0.1) is 20.4 Å². The van der Waals surface area contributed by atoms with Gasteiger partial charge in [-0.2, -0.15) is 0 Å². The third-order valence-electron chi connectivity index (χ3n) is 4.82. The molecular formula is C24H17ClN4O7. The molecule has 0 unspecified atom stereocenters. The Kier molecular flexibility index (Phi) is 7.87. The Bertz CT molecular complexity index is 1440. The summed E-state index contributed by atoms with van der Waals surface area (Å²) in [4.78, 5) is 58.6. The molecule has 0 aliphatic rings. The van der Waals surface area contributed by atoms with Gasteiger partial charge in [0.2, 0.25) is 0 Å². The van der Waals surface area contributed by atoms with Crippen LogP contribution in [-0.4, -0.2) is 27.4 Å². The third kappa shape index (κ3) is 6.36. The van der Waals surface area contributed by atoms with E-state index in [1.807, 2.05) is 0 Å². The van der Waals surface area contributed by atoms with Crippen molar-refractivity contribution >= 4 is 52.3 Å². The molecule has 3 aromatic rings. The average Bonchev–Trinajstić information content (AvgIpc) is 2.84. The molecule has 0 aliphatic heterocycles. The first-order valence-corrected chi connectivity index (χ1v) is 10.6. The predicted molar refractivity (Wildman–Crippen MR) is 132 cm³/mol. The van der Waals surface area contributed by atoms with Crippen LogP contribution in [0.2, 0.25) is 5.02 Å². The number of nitro groups is 2. The Morgan fingerprint density at radius 1 is 0.889 bits per heavy atom. The number of carbonyl (C=O) groups excluding carboxylic acids is 3. The topological polar surface area (TPSA) is 162 Å². The number of hydrogen-bond donors (Lipinski definition) is 2. The van der Waals surface area contributed by atoms with Gasteiger partial charge < -0.3 is 10.6 Å². The summed E-state index contributed by atoms with van der Waals surface area (Å²) >= 11 is 6.04. The number of Topliss-reactive ketones (excluding diaryl/α,β-unsaturated/α-hetero) is 1. The SMILES string of the molecule is CC(=O)c1cccc(NC(=O)C(=Cc2cccc([N+](=O)[O-])c2)NC(=O)c2cc([N+](=O)[O-])ccc2Cl)c1. The summed E-state index contributed by atoms with van der Waals surface area (Å²) in [5.41, 5.74) is -0.426. The number of ketones is 1. The van der Waals surface area contributed by atoms with Crippen molar-refractivity contribution in [3.63, 3.8) is 0 Å². The third-order valence-corrected chi connectivity index (χ3v) is 5.15. The largest absolute Gasteiger partial charge is 0.321 e. The molecule has 0 aliphatic carbocycles. The quantitative estimate of drug-likeness (QED) is 0.191. The summed E-state index contributed by atoms with van der Waals surface area (Å²) in [7, 11) is 0. The number of anilines is 1. The van der Waals surface area contributed by atoms with Gasteiger partial charge in [0.1, 0.15) is 5.70 Å². The van der Waals surface area contributed by atoms with E-state index in [-0.39, 0.29) is 44.7 Å². The number of nitro benzene ring substituents is 2. The zero-order chi connectivity index (χ0) is 26.4. The highest BCUT2D eigenvalue weighted by Gasteiger charge is 2.20. The number of halogens is 1. The van der Waals surface area contributed by atoms with Gasteiger partial charge in [0.25, 0.3) is 23.2 Å². The summed E-state index contributed by atoms with van der Waals surface area (Å²) in [6, 6.07) is 14.6. The Labute approximate surface area is 208 Å². The number of nitrogens with zero attached hydrogens (tertiary/aromatic N) is 2. The van der Waals surface area contributed by atoms with Crippen LogP contribution in [0.5, 0.6) is 0 Å². The monoisotopic (exact) mass is 508 g/mol. The smallest absolute Gasteiger partial charge is 0.272 e. The first-order chi connectivity index (χ1) is 17.0. The van der Waals surface area contributed by atoms with Crippen molar-refractivity contribution in [2.75, 3.05) is 5.32 Å². The molecule has 36 heavy (non-hydrogen) atoms. The summed E-state index contributed by atoms with van der Waals surface area (Å²) in [6.45, 7) is 1.36. The lowest BCUT2D eigenvalue weighted by atomic mass is 10.1. The van der Waals surface area contributed by atoms with E-state index >= 15 is 0 Å². The van der Waals surface area contributed by atoms with Gasteiger partial charge in [-0.15, -0.1) is 0 Å². The van der Waals surface area contributed by atoms with Gasteiger partial charge in [0.15, 0.2) is 5.78 Å². The first kappa shape index (κ1) is 25.7. The highest BCUT2D eigenvalue weighted by Crippen LogP contribution is 2.23. The number of hydrogen-bond acceptors (Lipinski definition) is 7. The van der Waals surface area contributed by atoms with E-state index in [2.05, 4.69) is 10.6 Å². The molecule has 182 valence electrons. The van der Waals surface area contributed by atoms with Crippen LogP contribution in [0.25, 0.3) is 6.08 Å². The maximum Gasteiger partial charge on any atom is 0.272 e. The molecule has 3 rings (SSSR count). The summed E-state index contributed by atoms with van der Waals surface area (Å²) in [5.74, 6) is -1.97. The molecule has 0 fully saturated rings. The lowest BCUT2D eigenvalue weighted by molar-refractivity contribution is -0.385. The molecule has 0 radical (unpaired) electrons. The Balaban J connectivity index is 2.00. The molecule has 0 spiro atoms. The molecule has 3 aromatic carbocycles. The lowest BCUT2D eigenvalue weighted by Crippen LogP contribution is -2.31. The summed E-state index contributed by atoms with van der Waals surface area (Å²) in [6.07, 6.45) is 1.19. The number of amides is 2. The van der Waals surface area contributed by atoms with Crippen molar-refractivity contribution in [2.24, 2.45) is 0 Å². The number of benzene rings is 3. The van der Waals surface area contributed by atoms with Crippen LogP contribution >= 0.6 is 11.6 Å². The molecule has 2 N–H and O–H groups in total. The van der Waals surface area contributed by atoms with Crippen LogP contribution in [0.1, 0.15) is 33.2 Å². The number of rotatable bonds is 8. The van der Waals surface area contributed by atoms with Gasteiger partial charge in [-0.05, 0) is 36.8 Å². The normalized spacial score (nSPS) is 10.9. The molecule has 11 nitrogen and oxygen atoms in total. The number of non-ortho nitro benzene ring substituents is 2. The van der Waals surface area contributed by atoms with Crippen LogP contribution in [0.4, 0.5) is 17.1 Å². The zero-order valence-corrected chi connectivity index (χ0v) is 19.3. The van der Waals surface area contributed by atoms with Crippen LogP contribution in [-0.2, 0) is 4.79 Å². The highest BCUT2D eigenvalue weighted by atomic mass is 35.5. The Morgan fingerprint density at radius 2 is 1.56 bits per heavy atom. The van der Waals surface area contributed by atoms with E-state index in [1.54, 1.807) is 12.1 Å². The van der Waals surface area contributed by atoms with E-state index < -0.39 is 21.7 Å². The minimum atomic E-state index is -0.923. The van der Waals surface area contributed by atoms with Crippen LogP contribution in [0.3, 0.4) is 0 Å². The zero-order valence-electron chi connectivity index (χ0n) is 18.6. The van der Waals surface area contributed by atoms with Crippen molar-refractivity contribution in [1.29, 1.82) is 0 Å². The predicted octanol–water partition coefficient (Wildman–Crippen LogP) is 4.77. The maximum absolute atomic E-state index is 13.1. The van der Waals surface area contributed by atoms with Gasteiger partial charge >= 0.3 is 0 Å². The van der Waals surface area contributed by atoms with E-state index in [1.165, 1.54) is 55.5 Å². The van der Waals surface area contributed by atoms with E-state index in [9.17, 15) is 34.6 Å². The Hall–Kier alpha value is -4.90. The highest BCUT2D eigenvalue weighted by molar-refractivity contribution is 6.34. The van der Waals surface area contributed by atoms with Gasteiger partial charge in [-0.1, -0.05) is 35.9 Å². The number of carbonyl (C=O) groups is 3. The maximum atomic E-state index is 13.1. The molecular weight excluding hydrogens is 492 g/mol. The molecule has 0 saturated heterocycles. The minimum absolute atomic E-state index is 0.0950. The molecule has 0 bridgehead atoms. The van der Waals surface area contributed by atoms with E-state index in [4.69, 9.17) is 11.6 Å². The second-order valence-corrected chi connectivity index (χ2v) is 7.78. The number of nitrogens with one attached hydrogen (secondary N) is 2. The average molecular weight is 509 g/mol. The first-order valence-electron chi connectivity index (χ1n) is 10.2. The van der Waals surface area contributed by atoms with E-state index in [0.717, 1.165) is 12.1 Å². The second-order valence-electron chi connectivity index (χ2n) is 7.38. The minimum Gasteiger partial charge on any atom is -0.321 e. The molecule has 0 atom stereocenters. The van der Waals surface area contributed by atoms with Crippen LogP contribution in [0, 0.1) is 20.2 Å².